The molecule has 6 nitrogen and oxygen atoms in total. The summed E-state index contributed by atoms with van der Waals surface area (Å²) in [4.78, 5) is 37.3. The van der Waals surface area contributed by atoms with Crippen molar-refractivity contribution in [1.29, 1.82) is 0 Å². The standard InChI is InChI=1S/C30H57NO5S5/c1-22(2)26(33)31-14-11-17-40-41-18-13-29(7,8)39-21-24(4)27(34)36-28(5,6)12-15-35-30(9,10)25(32)23(3)20-38-19-16-37/h22-24,37H,11-21H2,1-10H3,(H,31,33). The number of amides is 1. The summed E-state index contributed by atoms with van der Waals surface area (Å²) in [6.45, 7) is 20.7. The predicted octanol–water partition coefficient (Wildman–Crippen LogP) is 7.44. The number of rotatable bonds is 24. The van der Waals surface area contributed by atoms with E-state index in [1.807, 2.05) is 88.7 Å². The minimum absolute atomic E-state index is 0.0366. The topological polar surface area (TPSA) is 81.7 Å². The van der Waals surface area contributed by atoms with Crippen LogP contribution in [0, 0.1) is 17.8 Å². The van der Waals surface area contributed by atoms with Gasteiger partial charge in [0.25, 0.3) is 0 Å². The van der Waals surface area contributed by atoms with Crippen LogP contribution in [0.3, 0.4) is 0 Å². The predicted molar refractivity (Wildman–Crippen MR) is 188 cm³/mol. The fourth-order valence-electron chi connectivity index (χ4n) is 3.48. The highest BCUT2D eigenvalue weighted by Gasteiger charge is 2.34. The van der Waals surface area contributed by atoms with Gasteiger partial charge < -0.3 is 14.8 Å². The summed E-state index contributed by atoms with van der Waals surface area (Å²) < 4.78 is 11.9. The van der Waals surface area contributed by atoms with Crippen molar-refractivity contribution in [3.05, 3.63) is 0 Å². The number of Topliss-reactive ketones (excluding diaryl/α,β-unsaturated/α-hetero) is 1. The molecule has 0 aliphatic heterocycles. The largest absolute Gasteiger partial charge is 0.459 e. The molecule has 0 spiro atoms. The monoisotopic (exact) mass is 671 g/mol. The molecule has 0 saturated heterocycles. The van der Waals surface area contributed by atoms with Crippen LogP contribution in [0.4, 0.5) is 0 Å². The summed E-state index contributed by atoms with van der Waals surface area (Å²) in [6.07, 6.45) is 2.54. The Balaban J connectivity index is 4.33. The maximum atomic E-state index is 12.9. The van der Waals surface area contributed by atoms with Crippen LogP contribution in [0.2, 0.25) is 0 Å². The molecular weight excluding hydrogens is 615 g/mol. The SMILES string of the molecule is CC(C)C(=O)NCCCSSCCC(C)(C)SCC(C)C(=O)OC(C)(C)CCOC(C)(C)C(=O)C(C)CSCCS. The first-order chi connectivity index (χ1) is 18.9. The third-order valence-electron chi connectivity index (χ3n) is 6.41. The smallest absolute Gasteiger partial charge is 0.310 e. The van der Waals surface area contributed by atoms with Gasteiger partial charge in [0.2, 0.25) is 5.91 Å². The Bertz CT molecular complexity index is 776. The van der Waals surface area contributed by atoms with Gasteiger partial charge in [-0.15, -0.1) is 0 Å². The van der Waals surface area contributed by atoms with E-state index in [0.29, 0.717) is 18.8 Å². The molecule has 0 fully saturated rings. The molecule has 41 heavy (non-hydrogen) atoms. The molecule has 0 rings (SSSR count). The number of carbonyl (C=O) groups excluding carboxylic acids is 3. The van der Waals surface area contributed by atoms with Crippen molar-refractivity contribution in [3.63, 3.8) is 0 Å². The lowest BCUT2D eigenvalue weighted by atomic mass is 9.94. The highest BCUT2D eigenvalue weighted by molar-refractivity contribution is 8.76. The average molecular weight is 672 g/mol. The van der Waals surface area contributed by atoms with E-state index in [2.05, 4.69) is 31.8 Å². The van der Waals surface area contributed by atoms with Gasteiger partial charge in [0.05, 0.1) is 12.5 Å². The zero-order chi connectivity index (χ0) is 31.7. The van der Waals surface area contributed by atoms with Gasteiger partial charge in [-0.1, -0.05) is 63.1 Å². The van der Waals surface area contributed by atoms with Gasteiger partial charge in [-0.3, -0.25) is 14.4 Å². The van der Waals surface area contributed by atoms with Crippen LogP contribution in [-0.2, 0) is 23.9 Å². The number of esters is 1. The van der Waals surface area contributed by atoms with E-state index in [4.69, 9.17) is 9.47 Å². The summed E-state index contributed by atoms with van der Waals surface area (Å²) in [6, 6.07) is 0. The van der Waals surface area contributed by atoms with Crippen LogP contribution in [0.1, 0.15) is 88.5 Å². The zero-order valence-electron chi connectivity index (χ0n) is 27.1. The third kappa shape index (κ3) is 20.1. The van der Waals surface area contributed by atoms with E-state index in [1.54, 1.807) is 11.8 Å². The lowest BCUT2D eigenvalue weighted by Gasteiger charge is -2.31. The van der Waals surface area contributed by atoms with Crippen molar-refractivity contribution < 1.29 is 23.9 Å². The third-order valence-corrected chi connectivity index (χ3v) is 12.3. The molecule has 11 heteroatoms. The van der Waals surface area contributed by atoms with Crippen LogP contribution in [0.25, 0.3) is 0 Å². The van der Waals surface area contributed by atoms with Gasteiger partial charge >= 0.3 is 5.97 Å². The van der Waals surface area contributed by atoms with Crippen molar-refractivity contribution in [1.82, 2.24) is 5.32 Å². The number of ether oxygens (including phenoxy) is 2. The van der Waals surface area contributed by atoms with E-state index in [-0.39, 0.29) is 40.2 Å². The van der Waals surface area contributed by atoms with E-state index >= 15 is 0 Å². The summed E-state index contributed by atoms with van der Waals surface area (Å²) in [7, 11) is 3.73. The van der Waals surface area contributed by atoms with Crippen LogP contribution in [-0.4, -0.2) is 81.3 Å². The normalized spacial score (nSPS) is 14.1. The molecule has 0 aromatic heterocycles. The number of ketones is 1. The molecule has 242 valence electrons. The van der Waals surface area contributed by atoms with E-state index in [0.717, 1.165) is 48.2 Å². The Morgan fingerprint density at radius 2 is 1.49 bits per heavy atom. The molecular formula is C30H57NO5S5. The van der Waals surface area contributed by atoms with Crippen molar-refractivity contribution in [2.45, 2.75) is 104 Å². The molecule has 0 aromatic carbocycles. The summed E-state index contributed by atoms with van der Waals surface area (Å²) in [5.41, 5.74) is -1.55. The minimum atomic E-state index is -0.877. The molecule has 0 aliphatic carbocycles. The number of nitrogens with one attached hydrogen (secondary N) is 1. The van der Waals surface area contributed by atoms with Gasteiger partial charge in [-0.2, -0.15) is 36.2 Å². The summed E-state index contributed by atoms with van der Waals surface area (Å²) >= 11 is 7.77. The molecule has 0 bridgehead atoms. The average Bonchev–Trinajstić information content (AvgIpc) is 2.87. The molecule has 0 radical (unpaired) electrons. The van der Waals surface area contributed by atoms with Gasteiger partial charge in [0.1, 0.15) is 11.2 Å². The fourth-order valence-corrected chi connectivity index (χ4v) is 8.29. The number of hydrogen-bond donors (Lipinski definition) is 2. The second-order valence-corrected chi connectivity index (χ2v) is 18.5. The molecule has 0 heterocycles. The Labute approximate surface area is 273 Å². The maximum absolute atomic E-state index is 12.9. The second kappa shape index (κ2) is 21.1. The molecule has 0 aliphatic rings. The Morgan fingerprint density at radius 3 is 2.10 bits per heavy atom. The van der Waals surface area contributed by atoms with Crippen LogP contribution >= 0.6 is 57.7 Å². The van der Waals surface area contributed by atoms with Gasteiger partial charge in [-0.05, 0) is 46.3 Å². The number of carbonyl (C=O) groups is 3. The van der Waals surface area contributed by atoms with Crippen LogP contribution in [0.15, 0.2) is 0 Å². The number of hydrogen-bond acceptors (Lipinski definition) is 10. The fraction of sp³-hybridized carbons (Fsp3) is 0.900. The van der Waals surface area contributed by atoms with Crippen molar-refractivity contribution in [3.8, 4) is 0 Å². The highest BCUT2D eigenvalue weighted by atomic mass is 33.1. The summed E-state index contributed by atoms with van der Waals surface area (Å²) in [5.74, 6) is 5.01. The Morgan fingerprint density at radius 1 is 0.854 bits per heavy atom. The molecule has 0 saturated carbocycles. The molecule has 2 unspecified atom stereocenters. The van der Waals surface area contributed by atoms with Crippen molar-refractivity contribution in [2.24, 2.45) is 17.8 Å². The Hall–Kier alpha value is 0.320. The van der Waals surface area contributed by atoms with Crippen molar-refractivity contribution >= 4 is 75.4 Å². The second-order valence-electron chi connectivity index (χ2n) is 12.5. The van der Waals surface area contributed by atoms with Gasteiger partial charge in [0, 0.05) is 58.3 Å². The first-order valence-corrected chi connectivity index (χ1v) is 20.0. The van der Waals surface area contributed by atoms with E-state index in [9.17, 15) is 14.4 Å². The first-order valence-electron chi connectivity index (χ1n) is 14.7. The molecule has 2 atom stereocenters. The van der Waals surface area contributed by atoms with E-state index in [1.165, 1.54) is 0 Å². The zero-order valence-corrected chi connectivity index (χ0v) is 31.3. The molecule has 1 amide bonds. The van der Waals surface area contributed by atoms with Crippen LogP contribution in [0.5, 0.6) is 0 Å². The quantitative estimate of drug-likeness (QED) is 0.0471. The Kier molecular flexibility index (Phi) is 21.3. The lowest BCUT2D eigenvalue weighted by Crippen LogP contribution is -2.41. The number of thioether (sulfide) groups is 2. The van der Waals surface area contributed by atoms with Gasteiger partial charge in [-0.25, -0.2) is 0 Å². The molecule has 1 N–H and O–H groups in total. The van der Waals surface area contributed by atoms with Gasteiger partial charge in [0.15, 0.2) is 5.78 Å². The molecule has 0 aromatic rings. The maximum Gasteiger partial charge on any atom is 0.310 e. The minimum Gasteiger partial charge on any atom is -0.459 e. The van der Waals surface area contributed by atoms with Crippen LogP contribution < -0.4 is 5.32 Å². The van der Waals surface area contributed by atoms with E-state index < -0.39 is 11.2 Å². The number of thiol groups is 1. The summed E-state index contributed by atoms with van der Waals surface area (Å²) in [5, 5.41) is 2.95. The lowest BCUT2D eigenvalue weighted by molar-refractivity contribution is -0.164. The highest BCUT2D eigenvalue weighted by Crippen LogP contribution is 2.34. The first kappa shape index (κ1) is 41.3. The van der Waals surface area contributed by atoms with Crippen molar-refractivity contribution in [2.75, 3.05) is 47.7 Å².